The summed E-state index contributed by atoms with van der Waals surface area (Å²) >= 11 is 0. The highest BCUT2D eigenvalue weighted by atomic mass is 32.2. The lowest BCUT2D eigenvalue weighted by atomic mass is 10.2. The molecule has 1 amide bonds. The largest absolute Gasteiger partial charge is 0.439 e. The number of sulfone groups is 1. The number of methoxy groups -OCH3 is 1. The van der Waals surface area contributed by atoms with Crippen LogP contribution >= 0.6 is 0 Å². The second-order valence-electron chi connectivity index (χ2n) is 6.58. The first-order chi connectivity index (χ1) is 14.9. The van der Waals surface area contributed by atoms with E-state index in [0.717, 1.165) is 5.56 Å². The summed E-state index contributed by atoms with van der Waals surface area (Å²) in [7, 11) is -2.01. The lowest BCUT2D eigenvalue weighted by Crippen LogP contribution is -2.23. The summed E-state index contributed by atoms with van der Waals surface area (Å²) in [6.45, 7) is 0.336. The maximum atomic E-state index is 12.9. The lowest BCUT2D eigenvalue weighted by Gasteiger charge is -2.08. The number of nitrogens with zero attached hydrogens (tertiary/aromatic N) is 1. The first-order valence-corrected chi connectivity index (χ1v) is 11.0. The number of carbonyl (C=O) groups is 1. The summed E-state index contributed by atoms with van der Waals surface area (Å²) in [4.78, 5) is 16.6. The fraction of sp³-hybridized carbons (Fsp3) is 0.182. The summed E-state index contributed by atoms with van der Waals surface area (Å²) in [5, 5.41) is 2.75. The van der Waals surface area contributed by atoms with Crippen molar-refractivity contribution in [2.75, 3.05) is 19.5 Å². The molecule has 0 radical (unpaired) electrons. The van der Waals surface area contributed by atoms with E-state index >= 15 is 0 Å². The summed E-state index contributed by atoms with van der Waals surface area (Å²) in [6.07, 6.45) is 1.56. The third-order valence-electron chi connectivity index (χ3n) is 4.32. The summed E-state index contributed by atoms with van der Waals surface area (Å²) in [5.74, 6) is -0.0149. The van der Waals surface area contributed by atoms with E-state index in [0.29, 0.717) is 17.2 Å². The fourth-order valence-electron chi connectivity index (χ4n) is 2.61. The van der Waals surface area contributed by atoms with Crippen LogP contribution in [0.5, 0.6) is 11.6 Å². The molecule has 31 heavy (non-hydrogen) atoms. The van der Waals surface area contributed by atoms with Gasteiger partial charge < -0.3 is 14.8 Å². The number of halogens is 1. The van der Waals surface area contributed by atoms with Gasteiger partial charge in [-0.3, -0.25) is 4.79 Å². The number of pyridine rings is 1. The van der Waals surface area contributed by atoms with Gasteiger partial charge >= 0.3 is 0 Å². The van der Waals surface area contributed by atoms with E-state index < -0.39 is 9.84 Å². The molecule has 0 aliphatic carbocycles. The molecule has 7 nitrogen and oxygen atoms in total. The van der Waals surface area contributed by atoms with Crippen LogP contribution in [0, 0.1) is 5.82 Å². The quantitative estimate of drug-likeness (QED) is 0.544. The van der Waals surface area contributed by atoms with Crippen molar-refractivity contribution in [3.63, 3.8) is 0 Å². The lowest BCUT2D eigenvalue weighted by molar-refractivity contribution is 0.0950. The zero-order valence-electron chi connectivity index (χ0n) is 16.7. The van der Waals surface area contributed by atoms with Gasteiger partial charge in [-0.05, 0) is 54.1 Å². The Kier molecular flexibility index (Phi) is 7.32. The zero-order chi connectivity index (χ0) is 22.3. The van der Waals surface area contributed by atoms with Crippen LogP contribution in [-0.2, 0) is 21.1 Å². The van der Waals surface area contributed by atoms with Crippen LogP contribution in [0.15, 0.2) is 71.8 Å². The average molecular weight is 444 g/mol. The Balaban J connectivity index is 1.55. The van der Waals surface area contributed by atoms with Crippen molar-refractivity contribution in [1.29, 1.82) is 0 Å². The summed E-state index contributed by atoms with van der Waals surface area (Å²) < 4.78 is 47.5. The normalized spacial score (nSPS) is 11.2. The molecule has 0 fully saturated rings. The van der Waals surface area contributed by atoms with E-state index in [1.54, 1.807) is 18.3 Å². The number of rotatable bonds is 9. The molecule has 0 bridgehead atoms. The SMILES string of the molecule is COCCS(=O)(=O)c1ccc(C(=O)NCc2ccc(Oc3ccc(F)cc3)nc2)cc1. The molecule has 1 heterocycles. The van der Waals surface area contributed by atoms with Crippen LogP contribution < -0.4 is 10.1 Å². The van der Waals surface area contributed by atoms with Crippen LogP contribution in [0.2, 0.25) is 0 Å². The van der Waals surface area contributed by atoms with Gasteiger partial charge in [-0.25, -0.2) is 17.8 Å². The van der Waals surface area contributed by atoms with Crippen LogP contribution in [-0.4, -0.2) is 38.8 Å². The Morgan fingerprint density at radius 3 is 2.35 bits per heavy atom. The Morgan fingerprint density at radius 2 is 1.74 bits per heavy atom. The molecule has 2 aromatic carbocycles. The number of aromatic nitrogens is 1. The molecule has 3 rings (SSSR count). The molecule has 9 heteroatoms. The van der Waals surface area contributed by atoms with Crippen LogP contribution in [0.4, 0.5) is 4.39 Å². The molecule has 0 atom stereocenters. The third kappa shape index (κ3) is 6.34. The molecular weight excluding hydrogens is 423 g/mol. The maximum absolute atomic E-state index is 12.9. The smallest absolute Gasteiger partial charge is 0.251 e. The number of hydrogen-bond donors (Lipinski definition) is 1. The van der Waals surface area contributed by atoms with Gasteiger partial charge in [-0.15, -0.1) is 0 Å². The first-order valence-electron chi connectivity index (χ1n) is 9.36. The van der Waals surface area contributed by atoms with Gasteiger partial charge in [0.05, 0.1) is 17.3 Å². The minimum Gasteiger partial charge on any atom is -0.439 e. The van der Waals surface area contributed by atoms with Gasteiger partial charge in [0, 0.05) is 31.5 Å². The van der Waals surface area contributed by atoms with Crippen molar-refractivity contribution in [1.82, 2.24) is 10.3 Å². The fourth-order valence-corrected chi connectivity index (χ4v) is 3.78. The summed E-state index contributed by atoms with van der Waals surface area (Å²) in [5.41, 5.74) is 1.09. The highest BCUT2D eigenvalue weighted by molar-refractivity contribution is 7.91. The van der Waals surface area contributed by atoms with Crippen LogP contribution in [0.3, 0.4) is 0 Å². The predicted molar refractivity (Wildman–Crippen MR) is 112 cm³/mol. The molecule has 0 unspecified atom stereocenters. The van der Waals surface area contributed by atoms with E-state index in [-0.39, 0.29) is 35.5 Å². The highest BCUT2D eigenvalue weighted by Crippen LogP contribution is 2.19. The van der Waals surface area contributed by atoms with Crippen molar-refractivity contribution in [2.24, 2.45) is 0 Å². The zero-order valence-corrected chi connectivity index (χ0v) is 17.6. The second kappa shape index (κ2) is 10.1. The second-order valence-corrected chi connectivity index (χ2v) is 8.69. The standard InChI is InChI=1S/C22H21FN2O5S/c1-29-12-13-31(27,28)20-9-3-17(4-10-20)22(26)25-15-16-2-11-21(24-14-16)30-19-7-5-18(23)6-8-19/h2-11,14H,12-13,15H2,1H3,(H,25,26). The number of carbonyl (C=O) groups excluding carboxylic acids is 1. The van der Waals surface area contributed by atoms with Gasteiger partial charge in [0.25, 0.3) is 5.91 Å². The Morgan fingerprint density at radius 1 is 1.03 bits per heavy atom. The maximum Gasteiger partial charge on any atom is 0.251 e. The Labute approximate surface area is 179 Å². The monoisotopic (exact) mass is 444 g/mol. The van der Waals surface area contributed by atoms with E-state index in [1.807, 2.05) is 0 Å². The minimum absolute atomic E-state index is 0.104. The van der Waals surface area contributed by atoms with Gasteiger partial charge in [0.1, 0.15) is 11.6 Å². The van der Waals surface area contributed by atoms with Gasteiger partial charge in [0.2, 0.25) is 5.88 Å². The third-order valence-corrected chi connectivity index (χ3v) is 6.01. The number of amides is 1. The number of ether oxygens (including phenoxy) is 2. The van der Waals surface area contributed by atoms with Crippen molar-refractivity contribution in [3.05, 3.63) is 83.8 Å². The topological polar surface area (TPSA) is 94.6 Å². The predicted octanol–water partition coefficient (Wildman–Crippen LogP) is 3.36. The molecule has 162 valence electrons. The van der Waals surface area contributed by atoms with E-state index in [1.165, 1.54) is 55.6 Å². The Bertz CT molecular complexity index is 1120. The molecule has 0 aliphatic rings. The van der Waals surface area contributed by atoms with E-state index in [2.05, 4.69) is 10.3 Å². The van der Waals surface area contributed by atoms with E-state index in [9.17, 15) is 17.6 Å². The van der Waals surface area contributed by atoms with E-state index in [4.69, 9.17) is 9.47 Å². The molecule has 0 aliphatic heterocycles. The number of hydrogen-bond acceptors (Lipinski definition) is 6. The molecule has 1 N–H and O–H groups in total. The van der Waals surface area contributed by atoms with Crippen molar-refractivity contribution in [3.8, 4) is 11.6 Å². The average Bonchev–Trinajstić information content (AvgIpc) is 2.78. The van der Waals surface area contributed by atoms with Crippen molar-refractivity contribution < 1.29 is 27.1 Å². The number of benzene rings is 2. The molecule has 0 saturated carbocycles. The Hall–Kier alpha value is -3.30. The number of nitrogens with one attached hydrogen (secondary N) is 1. The van der Waals surface area contributed by atoms with Gasteiger partial charge in [-0.2, -0.15) is 0 Å². The van der Waals surface area contributed by atoms with Crippen LogP contribution in [0.25, 0.3) is 0 Å². The van der Waals surface area contributed by atoms with Gasteiger partial charge in [-0.1, -0.05) is 6.07 Å². The molecule has 0 saturated heterocycles. The van der Waals surface area contributed by atoms with Crippen molar-refractivity contribution >= 4 is 15.7 Å². The summed E-state index contributed by atoms with van der Waals surface area (Å²) in [6, 6.07) is 14.7. The molecule has 3 aromatic rings. The van der Waals surface area contributed by atoms with Crippen molar-refractivity contribution in [2.45, 2.75) is 11.4 Å². The molecule has 1 aromatic heterocycles. The molecular formula is C22H21FN2O5S. The van der Waals surface area contributed by atoms with Gasteiger partial charge in [0.15, 0.2) is 9.84 Å². The first kappa shape index (κ1) is 22.4. The highest BCUT2D eigenvalue weighted by Gasteiger charge is 2.15. The minimum atomic E-state index is -3.44. The van der Waals surface area contributed by atoms with Crippen LogP contribution in [0.1, 0.15) is 15.9 Å². The molecule has 0 spiro atoms.